The minimum atomic E-state index is -0.403. The number of nitro benzene ring substituents is 1. The van der Waals surface area contributed by atoms with E-state index in [9.17, 15) is 10.1 Å². The second-order valence-electron chi connectivity index (χ2n) is 11.7. The smallest absolute Gasteiger partial charge is 0.269 e. The predicted octanol–water partition coefficient (Wildman–Crippen LogP) is 13.4. The fourth-order valence-electron chi connectivity index (χ4n) is 5.57. The molecular weight excluding hydrogens is 613 g/mol. The summed E-state index contributed by atoms with van der Waals surface area (Å²) >= 11 is 0. The highest BCUT2D eigenvalue weighted by molar-refractivity contribution is 5.83. The fraction of sp³-hybridized carbons (Fsp3) is 0.0870. The summed E-state index contributed by atoms with van der Waals surface area (Å²) in [6, 6.07) is 62.7. The van der Waals surface area contributed by atoms with Gasteiger partial charge in [0.2, 0.25) is 0 Å². The maximum atomic E-state index is 10.1. The summed E-state index contributed by atoms with van der Waals surface area (Å²) in [6.45, 7) is 8.02. The highest BCUT2D eigenvalue weighted by Crippen LogP contribution is 2.39. The van der Waals surface area contributed by atoms with Gasteiger partial charge in [-0.15, -0.1) is 0 Å². The van der Waals surface area contributed by atoms with Crippen LogP contribution in [0, 0.1) is 24.0 Å². The first-order chi connectivity index (χ1) is 24.4. The van der Waals surface area contributed by atoms with Gasteiger partial charge in [-0.3, -0.25) is 10.1 Å². The number of anilines is 3. The molecule has 0 aromatic heterocycles. The molecule has 0 N–H and O–H groups in total. The van der Waals surface area contributed by atoms with Crippen LogP contribution >= 0.6 is 0 Å². The number of hydrogen-bond acceptors (Lipinski definition) is 3. The average Bonchev–Trinajstić information content (AvgIpc) is 3.18. The Bertz CT molecular complexity index is 2010. The summed E-state index contributed by atoms with van der Waals surface area (Å²) in [6.07, 6.45) is 0. The molecule has 50 heavy (non-hydrogen) atoms. The molecule has 0 aliphatic heterocycles. The first kappa shape index (κ1) is 35.1. The quantitative estimate of drug-likeness (QED) is 0.127. The molecule has 0 heterocycles. The van der Waals surface area contributed by atoms with Crippen LogP contribution in [0.2, 0.25) is 0 Å². The van der Waals surface area contributed by atoms with Gasteiger partial charge >= 0.3 is 0 Å². The topological polar surface area (TPSA) is 46.4 Å². The molecule has 0 bridgehead atoms. The van der Waals surface area contributed by atoms with Crippen LogP contribution < -0.4 is 4.90 Å². The molecule has 0 spiro atoms. The third-order valence-corrected chi connectivity index (χ3v) is 8.18. The van der Waals surface area contributed by atoms with Crippen molar-refractivity contribution in [3.63, 3.8) is 0 Å². The van der Waals surface area contributed by atoms with Crippen molar-refractivity contribution < 1.29 is 4.92 Å². The predicted molar refractivity (Wildman–Crippen MR) is 211 cm³/mol. The van der Waals surface area contributed by atoms with Crippen LogP contribution in [0.4, 0.5) is 22.7 Å². The Morgan fingerprint density at radius 2 is 0.760 bits per heavy atom. The van der Waals surface area contributed by atoms with E-state index in [4.69, 9.17) is 0 Å². The number of non-ortho nitro benzene ring substituents is 1. The van der Waals surface area contributed by atoms with Gasteiger partial charge in [0, 0.05) is 29.2 Å². The molecule has 0 unspecified atom stereocenters. The van der Waals surface area contributed by atoms with Crippen LogP contribution in [0.1, 0.15) is 25.0 Å². The van der Waals surface area contributed by atoms with Crippen molar-refractivity contribution in [1.29, 1.82) is 0 Å². The molecule has 0 saturated carbocycles. The lowest BCUT2D eigenvalue weighted by Crippen LogP contribution is -2.10. The lowest BCUT2D eigenvalue weighted by atomic mass is 10.0. The van der Waals surface area contributed by atoms with E-state index in [1.54, 1.807) is 12.1 Å². The minimum Gasteiger partial charge on any atom is -0.310 e. The van der Waals surface area contributed by atoms with Gasteiger partial charge in [0.25, 0.3) is 5.69 Å². The van der Waals surface area contributed by atoms with Crippen LogP contribution in [0.25, 0.3) is 33.4 Å². The van der Waals surface area contributed by atoms with E-state index in [0.29, 0.717) is 0 Å². The third-order valence-electron chi connectivity index (χ3n) is 8.18. The van der Waals surface area contributed by atoms with Gasteiger partial charge in [-0.1, -0.05) is 158 Å². The first-order valence-electron chi connectivity index (χ1n) is 16.9. The zero-order valence-electron chi connectivity index (χ0n) is 29.0. The van der Waals surface area contributed by atoms with E-state index in [1.807, 2.05) is 20.8 Å². The SMILES string of the molecule is CC.Cc1ccc(-c2ccc(N(c3cccc(-c4ccccc4)c3)c3cccc(-c4ccccc4)c3)cc2)cc1.Cc1ccc([N+](=O)[O-])cc1. The van der Waals surface area contributed by atoms with Crippen molar-refractivity contribution in [2.75, 3.05) is 4.90 Å². The maximum absolute atomic E-state index is 10.1. The molecule has 0 saturated heterocycles. The van der Waals surface area contributed by atoms with Gasteiger partial charge in [0.05, 0.1) is 4.92 Å². The van der Waals surface area contributed by atoms with Crippen LogP contribution in [-0.2, 0) is 0 Å². The fourth-order valence-corrected chi connectivity index (χ4v) is 5.57. The van der Waals surface area contributed by atoms with E-state index < -0.39 is 4.92 Å². The number of nitro groups is 1. The molecule has 0 amide bonds. The van der Waals surface area contributed by atoms with Crippen molar-refractivity contribution in [2.45, 2.75) is 27.7 Å². The second-order valence-corrected chi connectivity index (χ2v) is 11.7. The molecule has 7 rings (SSSR count). The van der Waals surface area contributed by atoms with Gasteiger partial charge in [-0.05, 0) is 83.6 Å². The molecule has 7 aromatic carbocycles. The van der Waals surface area contributed by atoms with E-state index in [-0.39, 0.29) is 5.69 Å². The molecule has 0 atom stereocenters. The zero-order chi connectivity index (χ0) is 35.3. The summed E-state index contributed by atoms with van der Waals surface area (Å²) in [5.41, 5.74) is 13.1. The van der Waals surface area contributed by atoms with Crippen LogP contribution in [-0.4, -0.2) is 4.92 Å². The third kappa shape index (κ3) is 9.00. The Balaban J connectivity index is 0.000000347. The summed E-state index contributed by atoms with van der Waals surface area (Å²) in [5.74, 6) is 0. The van der Waals surface area contributed by atoms with Crippen molar-refractivity contribution in [3.05, 3.63) is 203 Å². The molecule has 0 aliphatic rings. The van der Waals surface area contributed by atoms with Crippen LogP contribution in [0.5, 0.6) is 0 Å². The van der Waals surface area contributed by atoms with Gasteiger partial charge in [0.1, 0.15) is 0 Å². The lowest BCUT2D eigenvalue weighted by Gasteiger charge is -2.27. The summed E-state index contributed by atoms with van der Waals surface area (Å²) in [4.78, 5) is 12.1. The molecule has 0 radical (unpaired) electrons. The van der Waals surface area contributed by atoms with Crippen molar-refractivity contribution in [3.8, 4) is 33.4 Å². The minimum absolute atomic E-state index is 0.144. The Morgan fingerprint density at radius 3 is 1.18 bits per heavy atom. The Hall–Kier alpha value is -6.26. The van der Waals surface area contributed by atoms with Crippen LogP contribution in [0.3, 0.4) is 0 Å². The molecule has 248 valence electrons. The van der Waals surface area contributed by atoms with E-state index in [0.717, 1.165) is 22.6 Å². The van der Waals surface area contributed by atoms with E-state index in [1.165, 1.54) is 51.1 Å². The van der Waals surface area contributed by atoms with Crippen molar-refractivity contribution in [2.24, 2.45) is 0 Å². The number of benzene rings is 7. The molecule has 0 aliphatic carbocycles. The Morgan fingerprint density at radius 1 is 0.400 bits per heavy atom. The second kappa shape index (κ2) is 17.2. The Labute approximate surface area is 296 Å². The van der Waals surface area contributed by atoms with Crippen molar-refractivity contribution >= 4 is 22.7 Å². The van der Waals surface area contributed by atoms with Gasteiger partial charge in [-0.25, -0.2) is 0 Å². The molecule has 4 heteroatoms. The van der Waals surface area contributed by atoms with E-state index >= 15 is 0 Å². The number of aryl methyl sites for hydroxylation is 2. The molecular formula is C46H42N2O2. The molecule has 0 fully saturated rings. The number of rotatable bonds is 7. The summed E-state index contributed by atoms with van der Waals surface area (Å²) in [5, 5.41) is 10.1. The van der Waals surface area contributed by atoms with Gasteiger partial charge < -0.3 is 4.90 Å². The van der Waals surface area contributed by atoms with Gasteiger partial charge in [-0.2, -0.15) is 0 Å². The largest absolute Gasteiger partial charge is 0.310 e. The lowest BCUT2D eigenvalue weighted by molar-refractivity contribution is -0.384. The number of hydrogen-bond donors (Lipinski definition) is 0. The van der Waals surface area contributed by atoms with Crippen molar-refractivity contribution in [1.82, 2.24) is 0 Å². The average molecular weight is 655 g/mol. The standard InChI is InChI=1S/C37H29N.C7H7NO2.C2H6/c1-28-18-20-31(21-19-28)32-22-24-35(25-23-32)38(36-16-8-14-33(26-36)29-10-4-2-5-11-29)37-17-9-15-34(27-37)30-12-6-3-7-13-30;1-6-2-4-7(5-3-6)8(9)10;1-2/h2-27H,1H3;2-5H,1H3;1-2H3. The Kier molecular flexibility index (Phi) is 12.1. The first-order valence-corrected chi connectivity index (χ1v) is 16.9. The normalized spacial score (nSPS) is 10.2. The highest BCUT2D eigenvalue weighted by atomic mass is 16.6. The van der Waals surface area contributed by atoms with Gasteiger partial charge in [0.15, 0.2) is 0 Å². The maximum Gasteiger partial charge on any atom is 0.269 e. The van der Waals surface area contributed by atoms with E-state index in [2.05, 4.69) is 170 Å². The monoisotopic (exact) mass is 654 g/mol. The summed E-state index contributed by atoms with van der Waals surface area (Å²) < 4.78 is 0. The molecule has 7 aromatic rings. The molecule has 4 nitrogen and oxygen atoms in total. The highest BCUT2D eigenvalue weighted by Gasteiger charge is 2.15. The van der Waals surface area contributed by atoms with Crippen LogP contribution in [0.15, 0.2) is 182 Å². The summed E-state index contributed by atoms with van der Waals surface area (Å²) in [7, 11) is 0. The number of nitrogens with zero attached hydrogens (tertiary/aromatic N) is 2. The zero-order valence-corrected chi connectivity index (χ0v) is 29.0.